The monoisotopic (exact) mass is 169 g/mol. The van der Waals surface area contributed by atoms with E-state index in [0.29, 0.717) is 5.57 Å². The SMILES string of the molecule is C=C(C)C(=O)OC1(N(C)C)CC1. The second kappa shape index (κ2) is 2.90. The summed E-state index contributed by atoms with van der Waals surface area (Å²) in [6.07, 6.45) is 1.86. The molecule has 0 N–H and O–H groups in total. The molecule has 12 heavy (non-hydrogen) atoms. The minimum atomic E-state index is -0.323. The van der Waals surface area contributed by atoms with Gasteiger partial charge in [0.05, 0.1) is 0 Å². The number of rotatable bonds is 3. The van der Waals surface area contributed by atoms with E-state index >= 15 is 0 Å². The third-order valence-electron chi connectivity index (χ3n) is 2.12. The summed E-state index contributed by atoms with van der Waals surface area (Å²) in [6, 6.07) is 0. The van der Waals surface area contributed by atoms with Crippen LogP contribution in [0.2, 0.25) is 0 Å². The van der Waals surface area contributed by atoms with E-state index in [9.17, 15) is 4.79 Å². The minimum absolute atomic E-state index is 0.291. The second-order valence-corrected chi connectivity index (χ2v) is 3.51. The van der Waals surface area contributed by atoms with Crippen molar-refractivity contribution < 1.29 is 9.53 Å². The molecule has 0 spiro atoms. The summed E-state index contributed by atoms with van der Waals surface area (Å²) in [5.41, 5.74) is 0.138. The molecule has 1 aliphatic carbocycles. The van der Waals surface area contributed by atoms with Gasteiger partial charge in [0.1, 0.15) is 0 Å². The lowest BCUT2D eigenvalue weighted by molar-refractivity contribution is -0.156. The number of hydrogen-bond acceptors (Lipinski definition) is 3. The lowest BCUT2D eigenvalue weighted by Crippen LogP contribution is -2.35. The molecule has 1 fully saturated rings. The van der Waals surface area contributed by atoms with Crippen molar-refractivity contribution in [3.63, 3.8) is 0 Å². The molecule has 0 aromatic rings. The third kappa shape index (κ3) is 1.67. The Morgan fingerprint density at radius 1 is 1.50 bits per heavy atom. The fourth-order valence-electron chi connectivity index (χ4n) is 1.01. The Kier molecular flexibility index (Phi) is 2.24. The predicted molar refractivity (Wildman–Crippen MR) is 46.6 cm³/mol. The number of esters is 1. The highest BCUT2D eigenvalue weighted by molar-refractivity contribution is 5.87. The van der Waals surface area contributed by atoms with Gasteiger partial charge in [-0.05, 0) is 21.0 Å². The van der Waals surface area contributed by atoms with E-state index in [0.717, 1.165) is 12.8 Å². The van der Waals surface area contributed by atoms with Crippen LogP contribution >= 0.6 is 0 Å². The van der Waals surface area contributed by atoms with Crippen LogP contribution in [-0.4, -0.2) is 30.7 Å². The number of ether oxygens (including phenoxy) is 1. The Morgan fingerprint density at radius 2 is 2.00 bits per heavy atom. The predicted octanol–water partition coefficient (Wildman–Crippen LogP) is 1.16. The van der Waals surface area contributed by atoms with Crippen LogP contribution in [0.3, 0.4) is 0 Å². The summed E-state index contributed by atoms with van der Waals surface area (Å²) in [6.45, 7) is 5.19. The molecule has 68 valence electrons. The number of nitrogens with zero attached hydrogens (tertiary/aromatic N) is 1. The van der Waals surface area contributed by atoms with Crippen molar-refractivity contribution in [1.82, 2.24) is 4.90 Å². The van der Waals surface area contributed by atoms with Gasteiger partial charge in [-0.3, -0.25) is 4.90 Å². The van der Waals surface area contributed by atoms with Crippen LogP contribution in [0.1, 0.15) is 19.8 Å². The molecule has 0 amide bonds. The van der Waals surface area contributed by atoms with Crippen LogP contribution in [0.15, 0.2) is 12.2 Å². The smallest absolute Gasteiger partial charge is 0.334 e. The first kappa shape index (κ1) is 9.26. The fourth-order valence-corrected chi connectivity index (χ4v) is 1.01. The second-order valence-electron chi connectivity index (χ2n) is 3.51. The van der Waals surface area contributed by atoms with Crippen molar-refractivity contribution in [3.05, 3.63) is 12.2 Å². The van der Waals surface area contributed by atoms with Crippen LogP contribution in [0.25, 0.3) is 0 Å². The number of hydrogen-bond donors (Lipinski definition) is 0. The highest BCUT2D eigenvalue weighted by atomic mass is 16.6. The van der Waals surface area contributed by atoms with Crippen molar-refractivity contribution in [2.75, 3.05) is 14.1 Å². The zero-order chi connectivity index (χ0) is 9.35. The first-order valence-corrected chi connectivity index (χ1v) is 4.04. The van der Waals surface area contributed by atoms with Gasteiger partial charge in [0, 0.05) is 18.4 Å². The quantitative estimate of drug-likeness (QED) is 0.360. The average Bonchev–Trinajstić information content (AvgIpc) is 2.68. The molecule has 0 aromatic heterocycles. The molecular weight excluding hydrogens is 154 g/mol. The average molecular weight is 169 g/mol. The number of carbonyl (C=O) groups is 1. The van der Waals surface area contributed by atoms with Gasteiger partial charge >= 0.3 is 5.97 Å². The van der Waals surface area contributed by atoms with E-state index in [1.807, 2.05) is 19.0 Å². The molecule has 1 saturated carbocycles. The maximum Gasteiger partial charge on any atom is 0.334 e. The van der Waals surface area contributed by atoms with Gasteiger partial charge in [-0.2, -0.15) is 0 Å². The Bertz CT molecular complexity index is 217. The highest BCUT2D eigenvalue weighted by Crippen LogP contribution is 2.41. The summed E-state index contributed by atoms with van der Waals surface area (Å²) < 4.78 is 5.26. The molecule has 1 aliphatic rings. The molecule has 0 radical (unpaired) electrons. The fraction of sp³-hybridized carbons (Fsp3) is 0.667. The molecule has 0 unspecified atom stereocenters. The zero-order valence-corrected chi connectivity index (χ0v) is 7.89. The topological polar surface area (TPSA) is 29.5 Å². The van der Waals surface area contributed by atoms with E-state index in [1.165, 1.54) is 0 Å². The largest absolute Gasteiger partial charge is 0.440 e. The lowest BCUT2D eigenvalue weighted by Gasteiger charge is -2.23. The van der Waals surface area contributed by atoms with E-state index in [2.05, 4.69) is 6.58 Å². The first-order chi connectivity index (χ1) is 5.48. The Morgan fingerprint density at radius 3 is 2.25 bits per heavy atom. The molecule has 3 nitrogen and oxygen atoms in total. The van der Waals surface area contributed by atoms with Crippen molar-refractivity contribution in [1.29, 1.82) is 0 Å². The maximum absolute atomic E-state index is 11.2. The van der Waals surface area contributed by atoms with Crippen molar-refractivity contribution >= 4 is 5.97 Å². The molecule has 0 aliphatic heterocycles. The summed E-state index contributed by atoms with van der Waals surface area (Å²) in [4.78, 5) is 13.1. The summed E-state index contributed by atoms with van der Waals surface area (Å²) >= 11 is 0. The molecule has 0 aromatic carbocycles. The first-order valence-electron chi connectivity index (χ1n) is 4.04. The van der Waals surface area contributed by atoms with Gasteiger partial charge in [-0.15, -0.1) is 0 Å². The van der Waals surface area contributed by atoms with Gasteiger partial charge in [0.15, 0.2) is 5.72 Å². The van der Waals surface area contributed by atoms with Gasteiger partial charge in [0.2, 0.25) is 0 Å². The van der Waals surface area contributed by atoms with E-state index in [1.54, 1.807) is 6.92 Å². The third-order valence-corrected chi connectivity index (χ3v) is 2.12. The Hall–Kier alpha value is -0.830. The van der Waals surface area contributed by atoms with Gasteiger partial charge in [-0.25, -0.2) is 4.79 Å². The van der Waals surface area contributed by atoms with Crippen LogP contribution in [0, 0.1) is 0 Å². The molecule has 3 heteroatoms. The van der Waals surface area contributed by atoms with Crippen molar-refractivity contribution in [3.8, 4) is 0 Å². The van der Waals surface area contributed by atoms with E-state index in [4.69, 9.17) is 4.74 Å². The van der Waals surface area contributed by atoms with Crippen LogP contribution < -0.4 is 0 Å². The summed E-state index contributed by atoms with van der Waals surface area (Å²) in [7, 11) is 3.83. The van der Waals surface area contributed by atoms with Crippen molar-refractivity contribution in [2.45, 2.75) is 25.5 Å². The molecule has 0 atom stereocenters. The van der Waals surface area contributed by atoms with E-state index in [-0.39, 0.29) is 11.7 Å². The number of carbonyl (C=O) groups excluding carboxylic acids is 1. The van der Waals surface area contributed by atoms with Gasteiger partial charge in [-0.1, -0.05) is 6.58 Å². The summed E-state index contributed by atoms with van der Waals surface area (Å²) in [5, 5.41) is 0. The van der Waals surface area contributed by atoms with Crippen LogP contribution in [0.5, 0.6) is 0 Å². The Balaban J connectivity index is 2.51. The Labute approximate surface area is 73.0 Å². The standard InChI is InChI=1S/C9H15NO2/c1-7(2)8(11)12-9(5-6-9)10(3)4/h1,5-6H2,2-4H3. The van der Waals surface area contributed by atoms with Crippen LogP contribution in [-0.2, 0) is 9.53 Å². The van der Waals surface area contributed by atoms with Crippen LogP contribution in [0.4, 0.5) is 0 Å². The molecule has 0 saturated heterocycles. The normalized spacial score (nSPS) is 19.0. The maximum atomic E-state index is 11.2. The lowest BCUT2D eigenvalue weighted by atomic mass is 10.3. The molecule has 0 bridgehead atoms. The van der Waals surface area contributed by atoms with Gasteiger partial charge in [0.25, 0.3) is 0 Å². The zero-order valence-electron chi connectivity index (χ0n) is 7.89. The minimum Gasteiger partial charge on any atom is -0.440 e. The van der Waals surface area contributed by atoms with Crippen molar-refractivity contribution in [2.24, 2.45) is 0 Å². The molecular formula is C9H15NO2. The summed E-state index contributed by atoms with van der Waals surface area (Å²) in [5.74, 6) is -0.291. The molecule has 1 rings (SSSR count). The van der Waals surface area contributed by atoms with E-state index < -0.39 is 0 Å². The molecule has 0 heterocycles. The highest BCUT2D eigenvalue weighted by Gasteiger charge is 2.49. The van der Waals surface area contributed by atoms with Gasteiger partial charge < -0.3 is 4.74 Å².